The van der Waals surface area contributed by atoms with Crippen LogP contribution in [0, 0.1) is 256 Å². The van der Waals surface area contributed by atoms with Gasteiger partial charge in [-0.25, -0.2) is 0 Å². The lowest BCUT2D eigenvalue weighted by atomic mass is 10.0. The average molecular weight is 2070 g/mol. The Labute approximate surface area is 898 Å². The molecule has 0 unspecified atom stereocenters. The van der Waals surface area contributed by atoms with E-state index in [9.17, 15) is 0 Å². The standard InChI is InChI=1S/C10H14O.4C9H13N.C9H12O.C9H12.2C8H8Cl2.C8H10ClN.C8H9ClO.C8H9Cl.3C8H10/c1-7-5-10(11-4)6-8(2)9(7)3;2*1-6-4-9(10)5-7(2)8(6)3;2*1-6-4-5-9(10)8(3)7(6)2;1-6-4-9(10)5-7(2)8(6)3;1-7-5-4-6-8(2)9(7)3;2*1-5-3-4-7(9)6(2)8(5)10;2*1-5-3-7(10)4-8(9)6(5)2;1-6-3-4-8(9)5-7(6)2;3*1-7-5-3-4-6-8(7)2/h5-6H,1-4H3;4*4-5H,10H2,1-3H3;4-5,10H,1-3H3;4-6H,1-3H3;2*3-4H,1-2H3;3-4H,10H2,1-2H3;3-4,10H,1-2H3;3-5H,1-2H3;3*3-6H,1-2H3. The Morgan fingerprint density at radius 2 is 0.399 bits per heavy atom. The van der Waals surface area contributed by atoms with Gasteiger partial charge in [0.05, 0.1) is 7.11 Å². The van der Waals surface area contributed by atoms with Crippen LogP contribution in [0.4, 0.5) is 28.4 Å². The summed E-state index contributed by atoms with van der Waals surface area (Å²) in [5, 5.41) is 23.3. The van der Waals surface area contributed by atoms with Gasteiger partial charge in [-0.1, -0.05) is 203 Å². The molecule has 0 atom stereocenters. The minimum Gasteiger partial charge on any atom is -0.508 e. The number of halogens is 7. The molecule has 12 N–H and O–H groups in total. The Kier molecular flexibility index (Phi) is 59.1. The van der Waals surface area contributed by atoms with Crippen molar-refractivity contribution in [2.24, 2.45) is 0 Å². The monoisotopic (exact) mass is 2060 g/mol. The van der Waals surface area contributed by atoms with Crippen molar-refractivity contribution in [2.45, 2.75) is 256 Å². The SMILES string of the molecule is COc1cc(C)c(C)c(C)c1.Cc1cc(N)cc(C)c1C.Cc1cc(N)cc(C)c1C.Cc1cc(N)cc(Cl)c1C.Cc1cc(O)cc(C)c1C.Cc1cc(O)cc(Cl)c1C.Cc1ccc(Cl)c(C)c1Cl.Cc1ccc(Cl)c(C)c1Cl.Cc1ccc(Cl)cc1C.Cc1ccc(N)c(C)c1C.Cc1ccc(N)c(C)c1C.Cc1cccc(C)c1C.Cc1ccccc1C.Cc1ccccc1C.Cc1ccccc1C. The van der Waals surface area contributed by atoms with Gasteiger partial charge in [-0.2, -0.15) is 0 Å². The third-order valence-electron chi connectivity index (χ3n) is 26.0. The van der Waals surface area contributed by atoms with Crippen molar-refractivity contribution in [1.82, 2.24) is 0 Å². The Balaban J connectivity index is 0.000000767. The average Bonchev–Trinajstić information content (AvgIpc) is 0.844. The first-order valence-electron chi connectivity index (χ1n) is 47.9. The molecule has 8 nitrogen and oxygen atoms in total. The number of hydrogen-bond donors (Lipinski definition) is 7. The number of nitrogen functional groups attached to an aromatic ring is 5. The fourth-order valence-corrected chi connectivity index (χ4v) is 14.5. The molecule has 15 aromatic rings. The molecule has 0 aromatic heterocycles. The normalized spacial score (nSPS) is 9.77. The van der Waals surface area contributed by atoms with Crippen LogP contribution in [0.3, 0.4) is 0 Å². The molecule has 0 fully saturated rings. The predicted molar refractivity (Wildman–Crippen MR) is 639 cm³/mol. The molecule has 143 heavy (non-hydrogen) atoms. The topological polar surface area (TPSA) is 180 Å². The Morgan fingerprint density at radius 3 is 0.650 bits per heavy atom. The van der Waals surface area contributed by atoms with E-state index >= 15 is 0 Å². The molecule has 0 bridgehead atoms. The summed E-state index contributed by atoms with van der Waals surface area (Å²) in [6.45, 7) is 76.3. The van der Waals surface area contributed by atoms with Crippen LogP contribution in [0.5, 0.6) is 17.2 Å². The van der Waals surface area contributed by atoms with E-state index in [0.717, 1.165) is 120 Å². The summed E-state index contributed by atoms with van der Waals surface area (Å²) < 4.78 is 5.13. The lowest BCUT2D eigenvalue weighted by Gasteiger charge is -2.07. The molecule has 0 aliphatic rings. The highest BCUT2D eigenvalue weighted by Crippen LogP contribution is 2.31. The Hall–Kier alpha value is -11.3. The minimum absolute atomic E-state index is 0.230. The summed E-state index contributed by atoms with van der Waals surface area (Å²) in [5.74, 6) is 1.54. The van der Waals surface area contributed by atoms with Gasteiger partial charge in [0.1, 0.15) is 17.2 Å². The molecule has 0 radical (unpaired) electrons. The number of aryl methyl sites for hydroxylation is 24. The lowest BCUT2D eigenvalue weighted by Crippen LogP contribution is -1.93. The molecule has 15 rings (SSSR count). The molecular weight excluding hydrogens is 1900 g/mol. The van der Waals surface area contributed by atoms with Crippen LogP contribution in [-0.4, -0.2) is 17.3 Å². The number of methoxy groups -OCH3 is 1. The van der Waals surface area contributed by atoms with E-state index in [1.165, 1.54) is 150 Å². The first kappa shape index (κ1) is 130. The third-order valence-corrected chi connectivity index (χ3v) is 29.0. The molecule has 0 saturated heterocycles. The second-order valence-corrected chi connectivity index (χ2v) is 39.8. The largest absolute Gasteiger partial charge is 0.508 e. The van der Waals surface area contributed by atoms with Crippen LogP contribution in [-0.2, 0) is 0 Å². The van der Waals surface area contributed by atoms with Crippen molar-refractivity contribution in [3.63, 3.8) is 0 Å². The van der Waals surface area contributed by atoms with Gasteiger partial charge in [0.25, 0.3) is 0 Å². The van der Waals surface area contributed by atoms with E-state index in [1.807, 2.05) is 154 Å². The van der Waals surface area contributed by atoms with Crippen LogP contribution in [0.1, 0.15) is 206 Å². The van der Waals surface area contributed by atoms with E-state index < -0.39 is 0 Å². The van der Waals surface area contributed by atoms with Crippen molar-refractivity contribution >= 4 is 110 Å². The van der Waals surface area contributed by atoms with Gasteiger partial charge in [0, 0.05) is 63.6 Å². The number of ether oxygens (including phenoxy) is 1. The van der Waals surface area contributed by atoms with Crippen molar-refractivity contribution in [3.8, 4) is 17.2 Å². The lowest BCUT2D eigenvalue weighted by molar-refractivity contribution is 0.414. The van der Waals surface area contributed by atoms with Gasteiger partial charge in [-0.05, 0) is 571 Å². The molecule has 0 aliphatic heterocycles. The summed E-state index contributed by atoms with van der Waals surface area (Å²) in [7, 11) is 1.70. The molecule has 768 valence electrons. The summed E-state index contributed by atoms with van der Waals surface area (Å²) in [6, 6.07) is 75.5. The maximum Gasteiger partial charge on any atom is 0.119 e. The molecule has 0 saturated carbocycles. The van der Waals surface area contributed by atoms with Crippen molar-refractivity contribution in [1.29, 1.82) is 0 Å². The Morgan fingerprint density at radius 1 is 0.175 bits per heavy atom. The van der Waals surface area contributed by atoms with E-state index in [2.05, 4.69) is 302 Å². The van der Waals surface area contributed by atoms with Crippen LogP contribution in [0.2, 0.25) is 35.2 Å². The highest BCUT2D eigenvalue weighted by Gasteiger charge is 2.09. The van der Waals surface area contributed by atoms with Gasteiger partial charge < -0.3 is 43.6 Å². The first-order chi connectivity index (χ1) is 66.5. The quantitative estimate of drug-likeness (QED) is 0.0794. The van der Waals surface area contributed by atoms with Gasteiger partial charge in [0.15, 0.2) is 0 Å². The van der Waals surface area contributed by atoms with E-state index in [-0.39, 0.29) is 5.75 Å². The number of rotatable bonds is 1. The number of hydrogen-bond acceptors (Lipinski definition) is 8. The second-order valence-electron chi connectivity index (χ2n) is 37.0. The van der Waals surface area contributed by atoms with E-state index in [1.54, 1.807) is 37.4 Å². The van der Waals surface area contributed by atoms with Crippen LogP contribution in [0.25, 0.3) is 0 Å². The fourth-order valence-electron chi connectivity index (χ4n) is 13.0. The van der Waals surface area contributed by atoms with Crippen LogP contribution in [0.15, 0.2) is 231 Å². The number of benzene rings is 15. The summed E-state index contributed by atoms with van der Waals surface area (Å²) >= 11 is 40.7. The predicted octanol–water partition coefficient (Wildman–Crippen LogP) is 38.6. The zero-order chi connectivity index (χ0) is 110. The molecule has 0 spiro atoms. The van der Waals surface area contributed by atoms with Crippen LogP contribution >= 0.6 is 81.2 Å². The molecule has 0 aliphatic carbocycles. The second kappa shape index (κ2) is 65.2. The van der Waals surface area contributed by atoms with Gasteiger partial charge in [-0.15, -0.1) is 0 Å². The molecule has 15 heteroatoms. The molecular formula is C128H164Cl7N5O3. The molecule has 0 heterocycles. The smallest absolute Gasteiger partial charge is 0.119 e. The van der Waals surface area contributed by atoms with Crippen molar-refractivity contribution in [2.75, 3.05) is 35.8 Å². The first-order valence-corrected chi connectivity index (χ1v) is 50.5. The van der Waals surface area contributed by atoms with Crippen molar-refractivity contribution < 1.29 is 14.9 Å². The minimum atomic E-state index is 0.230. The highest BCUT2D eigenvalue weighted by atomic mass is 35.5. The number of aromatic hydroxyl groups is 2. The zero-order valence-corrected chi connectivity index (χ0v) is 98.1. The highest BCUT2D eigenvalue weighted by molar-refractivity contribution is 6.37. The number of phenols is 2. The van der Waals surface area contributed by atoms with Gasteiger partial charge in [0.2, 0.25) is 0 Å². The summed E-state index contributed by atoms with van der Waals surface area (Å²) in [4.78, 5) is 0. The summed E-state index contributed by atoms with van der Waals surface area (Å²) in [6.07, 6.45) is 0. The maximum atomic E-state index is 9.12. The fraction of sp³-hybridized carbons (Fsp3) is 0.297. The Bertz CT molecular complexity index is 5610. The molecule has 15 aromatic carbocycles. The van der Waals surface area contributed by atoms with Gasteiger partial charge in [-0.3, -0.25) is 0 Å². The summed E-state index contributed by atoms with van der Waals surface area (Å²) in [5.41, 5.74) is 78.7. The number of nitrogens with two attached hydrogens (primary N) is 5. The third kappa shape index (κ3) is 47.0. The van der Waals surface area contributed by atoms with Crippen LogP contribution < -0.4 is 33.4 Å². The number of anilines is 5. The van der Waals surface area contributed by atoms with Gasteiger partial charge >= 0.3 is 0 Å². The number of phenolic OH excluding ortho intramolecular Hbond substituents is 2. The van der Waals surface area contributed by atoms with E-state index in [0.29, 0.717) is 10.8 Å². The maximum absolute atomic E-state index is 9.12. The molecule has 0 amide bonds. The zero-order valence-electron chi connectivity index (χ0n) is 92.8. The van der Waals surface area contributed by atoms with Crippen molar-refractivity contribution in [3.05, 3.63) is 472 Å². The van der Waals surface area contributed by atoms with E-state index in [4.69, 9.17) is 125 Å².